The average Bonchev–Trinajstić information content (AvgIpc) is 3.09. The minimum atomic E-state index is -1.10. The second-order valence-corrected chi connectivity index (χ2v) is 9.60. The van der Waals surface area contributed by atoms with E-state index in [0.29, 0.717) is 34.8 Å². The van der Waals surface area contributed by atoms with Gasteiger partial charge in [0.2, 0.25) is 5.91 Å². The maximum Gasteiger partial charge on any atom is 0.341 e. The van der Waals surface area contributed by atoms with Crippen LogP contribution < -0.4 is 19.5 Å². The molecular formula is C24H23NO8S. The summed E-state index contributed by atoms with van der Waals surface area (Å²) in [5.41, 5.74) is 0.935. The molecule has 2 heterocycles. The number of thioether (sulfide) groups is 1. The first-order valence-corrected chi connectivity index (χ1v) is 11.5. The van der Waals surface area contributed by atoms with Crippen molar-refractivity contribution in [1.29, 1.82) is 0 Å². The molecule has 0 radical (unpaired) electrons. The molecule has 1 fully saturated rings. The average molecular weight is 486 g/mol. The Bertz CT molecular complexity index is 1160. The fraction of sp³-hybridized carbons (Fsp3) is 0.333. The summed E-state index contributed by atoms with van der Waals surface area (Å²) in [4.78, 5) is 46.7. The third kappa shape index (κ3) is 5.17. The van der Waals surface area contributed by atoms with Gasteiger partial charge in [-0.05, 0) is 50.1 Å². The molecule has 0 bridgehead atoms. The fourth-order valence-corrected chi connectivity index (χ4v) is 4.68. The van der Waals surface area contributed by atoms with Crippen molar-refractivity contribution in [2.45, 2.75) is 37.5 Å². The molecule has 0 aliphatic carbocycles. The molecule has 2 unspecified atom stereocenters. The van der Waals surface area contributed by atoms with Crippen molar-refractivity contribution in [2.24, 2.45) is 0 Å². The standard InChI is InChI=1S/C24H23NO8S/c1-13-18(31-11-20(27)28)8-7-16-17(26)10-24(2,33-21(13)16)12-32-15-5-3-14(4-6-15)9-19-22(29)25-23(30)34-19/h3-8,19H,9-12H2,1-2H3,(H,27,28)(H,25,29,30). The summed E-state index contributed by atoms with van der Waals surface area (Å²) in [5, 5.41) is 10.4. The number of ketones is 1. The van der Waals surface area contributed by atoms with Crippen LogP contribution in [0.25, 0.3) is 0 Å². The molecule has 2 atom stereocenters. The van der Waals surface area contributed by atoms with Gasteiger partial charge in [0.1, 0.15) is 29.5 Å². The molecule has 2 N–H and O–H groups in total. The number of carbonyl (C=O) groups is 4. The molecule has 2 aromatic carbocycles. The summed E-state index contributed by atoms with van der Waals surface area (Å²) in [6.07, 6.45) is 0.551. The first kappa shape index (κ1) is 23.6. The molecule has 0 saturated carbocycles. The zero-order chi connectivity index (χ0) is 24.5. The highest BCUT2D eigenvalue weighted by atomic mass is 32.2. The van der Waals surface area contributed by atoms with Gasteiger partial charge in [0, 0.05) is 5.56 Å². The number of benzene rings is 2. The van der Waals surface area contributed by atoms with Crippen LogP contribution >= 0.6 is 11.8 Å². The van der Waals surface area contributed by atoms with Crippen LogP contribution in [0.3, 0.4) is 0 Å². The lowest BCUT2D eigenvalue weighted by Crippen LogP contribution is -2.44. The maximum absolute atomic E-state index is 12.8. The van der Waals surface area contributed by atoms with Gasteiger partial charge in [-0.25, -0.2) is 4.79 Å². The van der Waals surface area contributed by atoms with Gasteiger partial charge in [-0.2, -0.15) is 0 Å². The lowest BCUT2D eigenvalue weighted by Gasteiger charge is -2.35. The molecule has 2 aromatic rings. The van der Waals surface area contributed by atoms with Crippen LogP contribution in [0.1, 0.15) is 34.8 Å². The summed E-state index contributed by atoms with van der Waals surface area (Å²) < 4.78 is 17.4. The zero-order valence-corrected chi connectivity index (χ0v) is 19.4. The smallest absolute Gasteiger partial charge is 0.341 e. The number of hydrogen-bond donors (Lipinski definition) is 2. The molecule has 0 spiro atoms. The maximum atomic E-state index is 12.8. The third-order valence-electron chi connectivity index (χ3n) is 5.55. The number of fused-ring (bicyclic) bond motifs is 1. The molecule has 4 rings (SSSR count). The van der Waals surface area contributed by atoms with E-state index < -0.39 is 23.4 Å². The van der Waals surface area contributed by atoms with Crippen LogP contribution in [-0.2, 0) is 16.0 Å². The quantitative estimate of drug-likeness (QED) is 0.579. The normalized spacial score (nSPS) is 21.5. The van der Waals surface area contributed by atoms with Gasteiger partial charge < -0.3 is 19.3 Å². The Labute approximate surface area is 199 Å². The lowest BCUT2D eigenvalue weighted by molar-refractivity contribution is -0.139. The van der Waals surface area contributed by atoms with Crippen molar-refractivity contribution in [3.8, 4) is 17.2 Å². The number of carboxylic acid groups (broad SMARTS) is 1. The predicted octanol–water partition coefficient (Wildman–Crippen LogP) is 3.16. The molecule has 178 valence electrons. The first-order valence-electron chi connectivity index (χ1n) is 10.6. The number of rotatable bonds is 8. The van der Waals surface area contributed by atoms with Crippen molar-refractivity contribution in [1.82, 2.24) is 5.32 Å². The van der Waals surface area contributed by atoms with E-state index in [0.717, 1.165) is 17.3 Å². The number of hydrogen-bond acceptors (Lipinski definition) is 8. The third-order valence-corrected chi connectivity index (χ3v) is 6.53. The van der Waals surface area contributed by atoms with E-state index in [4.69, 9.17) is 19.3 Å². The highest BCUT2D eigenvalue weighted by Crippen LogP contribution is 2.40. The lowest BCUT2D eigenvalue weighted by atomic mass is 9.90. The summed E-state index contributed by atoms with van der Waals surface area (Å²) in [7, 11) is 0. The minimum absolute atomic E-state index is 0.0996. The van der Waals surface area contributed by atoms with E-state index in [2.05, 4.69) is 5.32 Å². The van der Waals surface area contributed by atoms with Crippen molar-refractivity contribution in [2.75, 3.05) is 13.2 Å². The highest BCUT2D eigenvalue weighted by Gasteiger charge is 2.39. The van der Waals surface area contributed by atoms with Gasteiger partial charge in [-0.1, -0.05) is 23.9 Å². The van der Waals surface area contributed by atoms with E-state index in [9.17, 15) is 19.2 Å². The van der Waals surface area contributed by atoms with E-state index in [-0.39, 0.29) is 30.0 Å². The second-order valence-electron chi connectivity index (χ2n) is 8.42. The number of aliphatic carboxylic acids is 1. The van der Waals surface area contributed by atoms with Crippen molar-refractivity contribution >= 4 is 34.7 Å². The van der Waals surface area contributed by atoms with E-state index in [1.165, 1.54) is 0 Å². The van der Waals surface area contributed by atoms with Crippen LogP contribution in [0.15, 0.2) is 36.4 Å². The number of amides is 2. The number of carboxylic acids is 1. The Morgan fingerprint density at radius 1 is 1.18 bits per heavy atom. The Hall–Kier alpha value is -3.53. The summed E-state index contributed by atoms with van der Waals surface area (Å²) in [6.45, 7) is 3.10. The van der Waals surface area contributed by atoms with Crippen LogP contribution in [0.2, 0.25) is 0 Å². The topological polar surface area (TPSA) is 128 Å². The van der Waals surface area contributed by atoms with Crippen molar-refractivity contribution in [3.63, 3.8) is 0 Å². The number of Topliss-reactive ketones (excluding diaryl/α,β-unsaturated/α-hetero) is 1. The van der Waals surface area contributed by atoms with Crippen LogP contribution in [-0.4, -0.2) is 52.1 Å². The second kappa shape index (κ2) is 9.38. The predicted molar refractivity (Wildman–Crippen MR) is 123 cm³/mol. The van der Waals surface area contributed by atoms with Crippen LogP contribution in [0.4, 0.5) is 4.79 Å². The van der Waals surface area contributed by atoms with Gasteiger partial charge in [0.15, 0.2) is 12.4 Å². The van der Waals surface area contributed by atoms with Gasteiger partial charge in [0.25, 0.3) is 5.24 Å². The van der Waals surface area contributed by atoms with Gasteiger partial charge in [-0.15, -0.1) is 0 Å². The molecular weight excluding hydrogens is 462 g/mol. The molecule has 2 amide bonds. The van der Waals surface area contributed by atoms with Crippen molar-refractivity contribution in [3.05, 3.63) is 53.1 Å². The highest BCUT2D eigenvalue weighted by molar-refractivity contribution is 8.15. The molecule has 2 aliphatic rings. The SMILES string of the molecule is Cc1c(OCC(=O)O)ccc2c1OC(C)(COc1ccc(CC3SC(=O)NC3=O)cc1)CC2=O. The molecule has 9 nitrogen and oxygen atoms in total. The molecule has 34 heavy (non-hydrogen) atoms. The Morgan fingerprint density at radius 2 is 1.91 bits per heavy atom. The summed E-state index contributed by atoms with van der Waals surface area (Å²) in [5.74, 6) is -0.210. The molecule has 10 heteroatoms. The van der Waals surface area contributed by atoms with E-state index in [1.807, 2.05) is 12.1 Å². The number of imide groups is 1. The van der Waals surface area contributed by atoms with Crippen LogP contribution in [0, 0.1) is 6.92 Å². The molecule has 0 aromatic heterocycles. The summed E-state index contributed by atoms with van der Waals surface area (Å²) in [6, 6.07) is 10.3. The monoisotopic (exact) mass is 485 g/mol. The largest absolute Gasteiger partial charge is 0.489 e. The fourth-order valence-electron chi connectivity index (χ4n) is 3.82. The number of nitrogens with one attached hydrogen (secondary N) is 1. The Kier molecular flexibility index (Phi) is 6.52. The minimum Gasteiger partial charge on any atom is -0.489 e. The molecule has 2 aliphatic heterocycles. The van der Waals surface area contributed by atoms with E-state index in [1.54, 1.807) is 38.1 Å². The van der Waals surface area contributed by atoms with E-state index >= 15 is 0 Å². The van der Waals surface area contributed by atoms with Gasteiger partial charge in [0.05, 0.1) is 17.2 Å². The van der Waals surface area contributed by atoms with Crippen molar-refractivity contribution < 1.29 is 38.5 Å². The Balaban J connectivity index is 1.41. The first-order chi connectivity index (χ1) is 16.1. The van der Waals surface area contributed by atoms with Crippen LogP contribution in [0.5, 0.6) is 17.2 Å². The van der Waals surface area contributed by atoms with Gasteiger partial charge >= 0.3 is 5.97 Å². The number of ether oxygens (including phenoxy) is 3. The molecule has 1 saturated heterocycles. The van der Waals surface area contributed by atoms with Gasteiger partial charge in [-0.3, -0.25) is 19.7 Å². The Morgan fingerprint density at radius 3 is 2.56 bits per heavy atom. The number of carbonyl (C=O) groups excluding carboxylic acids is 3. The summed E-state index contributed by atoms with van der Waals surface area (Å²) >= 11 is 0.985. The zero-order valence-electron chi connectivity index (χ0n) is 18.6.